The second kappa shape index (κ2) is 9.87. The third-order valence-corrected chi connectivity index (χ3v) is 3.33. The molecule has 124 valence electrons. The highest BCUT2D eigenvalue weighted by atomic mass is 35.5. The molecule has 0 fully saturated rings. The van der Waals surface area contributed by atoms with Crippen LogP contribution < -0.4 is 15.4 Å². The molecule has 0 aliphatic heterocycles. The summed E-state index contributed by atoms with van der Waals surface area (Å²) in [6.45, 7) is 3.11. The number of carbonyl (C=O) groups is 1. The summed E-state index contributed by atoms with van der Waals surface area (Å²) in [7, 11) is 1.84. The highest BCUT2D eigenvalue weighted by Crippen LogP contribution is 2.21. The molecule has 1 amide bonds. The van der Waals surface area contributed by atoms with Gasteiger partial charge in [0.2, 0.25) is 5.91 Å². The van der Waals surface area contributed by atoms with Gasteiger partial charge in [0.05, 0.1) is 0 Å². The topological polar surface area (TPSA) is 50.4 Å². The van der Waals surface area contributed by atoms with Crippen molar-refractivity contribution in [3.63, 3.8) is 0 Å². The molecule has 1 unspecified atom stereocenters. The van der Waals surface area contributed by atoms with Crippen molar-refractivity contribution in [2.45, 2.75) is 13.5 Å². The summed E-state index contributed by atoms with van der Waals surface area (Å²) in [6.07, 6.45) is 0. The Hall–Kier alpha value is -2.04. The molecule has 0 saturated heterocycles. The summed E-state index contributed by atoms with van der Waals surface area (Å²) in [5.41, 5.74) is 1.05. The number of hydrogen-bond donors (Lipinski definition) is 2. The summed E-state index contributed by atoms with van der Waals surface area (Å²) >= 11 is 0. The second-order valence-electron chi connectivity index (χ2n) is 5.24. The van der Waals surface area contributed by atoms with E-state index in [0.717, 1.165) is 17.1 Å². The van der Waals surface area contributed by atoms with Gasteiger partial charge in [-0.15, -0.1) is 12.4 Å². The lowest BCUT2D eigenvalue weighted by molar-refractivity contribution is -0.124. The zero-order valence-electron chi connectivity index (χ0n) is 13.4. The summed E-state index contributed by atoms with van der Waals surface area (Å²) in [4.78, 5) is 11.8. The number of para-hydroxylation sites is 1. The molecule has 2 aromatic rings. The Labute approximate surface area is 143 Å². The van der Waals surface area contributed by atoms with Crippen LogP contribution in [0, 0.1) is 5.92 Å². The van der Waals surface area contributed by atoms with Crippen LogP contribution in [-0.2, 0) is 11.3 Å². The third-order valence-electron chi connectivity index (χ3n) is 3.33. The molecular formula is C18H23ClN2O2. The average Bonchev–Trinajstić information content (AvgIpc) is 2.55. The van der Waals surface area contributed by atoms with E-state index in [1.165, 1.54) is 0 Å². The molecular weight excluding hydrogens is 312 g/mol. The summed E-state index contributed by atoms with van der Waals surface area (Å²) in [5.74, 6) is 1.61. The highest BCUT2D eigenvalue weighted by molar-refractivity contribution is 5.85. The molecule has 0 saturated carbocycles. The minimum atomic E-state index is -0.0364. The molecule has 0 radical (unpaired) electrons. The van der Waals surface area contributed by atoms with Crippen molar-refractivity contribution in [3.8, 4) is 11.5 Å². The SMILES string of the molecule is CNCC(C)C(=O)NCc1ccc(Oc2ccccc2)cc1.Cl. The van der Waals surface area contributed by atoms with Crippen molar-refractivity contribution in [1.82, 2.24) is 10.6 Å². The molecule has 0 aliphatic carbocycles. The van der Waals surface area contributed by atoms with Crippen LogP contribution in [0.25, 0.3) is 0 Å². The van der Waals surface area contributed by atoms with Crippen molar-refractivity contribution in [3.05, 3.63) is 60.2 Å². The first-order chi connectivity index (χ1) is 10.7. The lowest BCUT2D eigenvalue weighted by Gasteiger charge is -2.12. The highest BCUT2D eigenvalue weighted by Gasteiger charge is 2.10. The monoisotopic (exact) mass is 334 g/mol. The van der Waals surface area contributed by atoms with Gasteiger partial charge in [0, 0.05) is 19.0 Å². The zero-order valence-corrected chi connectivity index (χ0v) is 14.2. The van der Waals surface area contributed by atoms with Crippen molar-refractivity contribution in [2.75, 3.05) is 13.6 Å². The molecule has 2 N–H and O–H groups in total. The van der Waals surface area contributed by atoms with E-state index < -0.39 is 0 Å². The first kappa shape index (κ1) is 19.0. The summed E-state index contributed by atoms with van der Waals surface area (Å²) in [5, 5.41) is 5.93. The molecule has 0 spiro atoms. The minimum absolute atomic E-state index is 0. The molecule has 1 atom stereocenters. The van der Waals surface area contributed by atoms with Gasteiger partial charge >= 0.3 is 0 Å². The van der Waals surface area contributed by atoms with Crippen LogP contribution in [0.2, 0.25) is 0 Å². The Balaban J connectivity index is 0.00000264. The van der Waals surface area contributed by atoms with Crippen LogP contribution in [0.1, 0.15) is 12.5 Å². The van der Waals surface area contributed by atoms with Gasteiger partial charge in [-0.2, -0.15) is 0 Å². The summed E-state index contributed by atoms with van der Waals surface area (Å²) < 4.78 is 5.73. The maximum absolute atomic E-state index is 11.8. The Morgan fingerprint density at radius 1 is 1.04 bits per heavy atom. The molecule has 0 aliphatic rings. The van der Waals surface area contributed by atoms with Crippen molar-refractivity contribution in [2.24, 2.45) is 5.92 Å². The Bertz CT molecular complexity index is 588. The molecule has 4 nitrogen and oxygen atoms in total. The number of amides is 1. The lowest BCUT2D eigenvalue weighted by Crippen LogP contribution is -2.33. The lowest BCUT2D eigenvalue weighted by atomic mass is 10.1. The Kier molecular flexibility index (Phi) is 8.16. The smallest absolute Gasteiger partial charge is 0.224 e. The molecule has 2 aromatic carbocycles. The Morgan fingerprint density at radius 3 is 2.26 bits per heavy atom. The second-order valence-corrected chi connectivity index (χ2v) is 5.24. The normalized spacial score (nSPS) is 11.2. The van der Waals surface area contributed by atoms with Crippen LogP contribution in [0.4, 0.5) is 0 Å². The van der Waals surface area contributed by atoms with E-state index in [0.29, 0.717) is 13.1 Å². The maximum Gasteiger partial charge on any atom is 0.224 e. The van der Waals surface area contributed by atoms with Crippen molar-refractivity contribution in [1.29, 1.82) is 0 Å². The summed E-state index contributed by atoms with van der Waals surface area (Å²) in [6, 6.07) is 17.4. The van der Waals surface area contributed by atoms with E-state index in [1.807, 2.05) is 68.6 Å². The number of nitrogens with one attached hydrogen (secondary N) is 2. The number of halogens is 1. The predicted molar refractivity (Wildman–Crippen MR) is 95.1 cm³/mol. The van der Waals surface area contributed by atoms with E-state index in [2.05, 4.69) is 10.6 Å². The van der Waals surface area contributed by atoms with Gasteiger partial charge < -0.3 is 15.4 Å². The standard InChI is InChI=1S/C18H22N2O2.ClH/c1-14(12-19-2)18(21)20-13-15-8-10-17(11-9-15)22-16-6-4-3-5-7-16;/h3-11,14,19H,12-13H2,1-2H3,(H,20,21);1H. The van der Waals surface area contributed by atoms with E-state index in [9.17, 15) is 4.79 Å². The van der Waals surface area contributed by atoms with Crippen LogP contribution in [0.3, 0.4) is 0 Å². The fourth-order valence-electron chi connectivity index (χ4n) is 2.06. The average molecular weight is 335 g/mol. The number of ether oxygens (including phenoxy) is 1. The molecule has 0 aromatic heterocycles. The largest absolute Gasteiger partial charge is 0.457 e. The zero-order chi connectivity index (χ0) is 15.8. The predicted octanol–water partition coefficient (Wildman–Crippen LogP) is 3.37. The Morgan fingerprint density at radius 2 is 1.65 bits per heavy atom. The fourth-order valence-corrected chi connectivity index (χ4v) is 2.06. The van der Waals surface area contributed by atoms with Gasteiger partial charge in [-0.1, -0.05) is 37.3 Å². The van der Waals surface area contributed by atoms with Gasteiger partial charge in [-0.25, -0.2) is 0 Å². The number of rotatable bonds is 7. The van der Waals surface area contributed by atoms with E-state index in [-0.39, 0.29) is 24.2 Å². The molecule has 0 bridgehead atoms. The van der Waals surface area contributed by atoms with Crippen LogP contribution in [-0.4, -0.2) is 19.5 Å². The van der Waals surface area contributed by atoms with Gasteiger partial charge in [0.15, 0.2) is 0 Å². The number of benzene rings is 2. The molecule has 0 heterocycles. The van der Waals surface area contributed by atoms with E-state index in [4.69, 9.17) is 4.74 Å². The molecule has 2 rings (SSSR count). The van der Waals surface area contributed by atoms with E-state index in [1.54, 1.807) is 0 Å². The molecule has 23 heavy (non-hydrogen) atoms. The minimum Gasteiger partial charge on any atom is -0.457 e. The van der Waals surface area contributed by atoms with Gasteiger partial charge in [0.25, 0.3) is 0 Å². The number of hydrogen-bond acceptors (Lipinski definition) is 3. The van der Waals surface area contributed by atoms with Gasteiger partial charge in [0.1, 0.15) is 11.5 Å². The van der Waals surface area contributed by atoms with Gasteiger partial charge in [-0.3, -0.25) is 4.79 Å². The third kappa shape index (κ3) is 6.30. The van der Waals surface area contributed by atoms with Crippen LogP contribution in [0.15, 0.2) is 54.6 Å². The van der Waals surface area contributed by atoms with E-state index >= 15 is 0 Å². The maximum atomic E-state index is 11.8. The quantitative estimate of drug-likeness (QED) is 0.816. The van der Waals surface area contributed by atoms with Crippen LogP contribution in [0.5, 0.6) is 11.5 Å². The van der Waals surface area contributed by atoms with Crippen LogP contribution >= 0.6 is 12.4 Å². The van der Waals surface area contributed by atoms with Crippen molar-refractivity contribution >= 4 is 18.3 Å². The van der Waals surface area contributed by atoms with Crippen molar-refractivity contribution < 1.29 is 9.53 Å². The molecule has 5 heteroatoms. The first-order valence-corrected chi connectivity index (χ1v) is 7.43. The first-order valence-electron chi connectivity index (χ1n) is 7.43. The fraction of sp³-hybridized carbons (Fsp3) is 0.278. The van der Waals surface area contributed by atoms with Gasteiger partial charge in [-0.05, 0) is 36.9 Å². The number of carbonyl (C=O) groups excluding carboxylic acids is 1.